The molecule has 34 heavy (non-hydrogen) atoms. The molecule has 1 amide bonds. The second kappa shape index (κ2) is 10.9. The van der Waals surface area contributed by atoms with Crippen LogP contribution in [0, 0.1) is 0 Å². The third-order valence-corrected chi connectivity index (χ3v) is 5.24. The minimum absolute atomic E-state index is 0.255. The number of carbonyl (C=O) groups is 1. The number of benzene rings is 3. The van der Waals surface area contributed by atoms with Crippen LogP contribution in [0.2, 0.25) is 5.02 Å². The molecule has 3 aromatic carbocycles. The second-order valence-corrected chi connectivity index (χ2v) is 7.73. The molecule has 0 spiro atoms. The van der Waals surface area contributed by atoms with Gasteiger partial charge in [0.25, 0.3) is 5.91 Å². The van der Waals surface area contributed by atoms with Crippen LogP contribution in [-0.2, 0) is 0 Å². The van der Waals surface area contributed by atoms with Crippen molar-refractivity contribution in [2.45, 2.75) is 19.9 Å². The predicted molar refractivity (Wildman–Crippen MR) is 129 cm³/mol. The zero-order chi connectivity index (χ0) is 23.9. The standard InChI is InChI=1S/C26H24ClN3O4/c1-3-32-21-15-12-19(16-22(21)33-4-2)24(31)28-23(17-10-13-20(27)14-11-17)26-30-29-25(34-26)18-8-6-5-7-9-18/h5-16,23H,3-4H2,1-2H3,(H,28,31)/t23-/m1/s1. The van der Waals surface area contributed by atoms with Crippen molar-refractivity contribution in [3.8, 4) is 23.0 Å². The summed E-state index contributed by atoms with van der Waals surface area (Å²) < 4.78 is 17.2. The highest BCUT2D eigenvalue weighted by Crippen LogP contribution is 2.30. The van der Waals surface area contributed by atoms with E-state index in [-0.39, 0.29) is 11.8 Å². The van der Waals surface area contributed by atoms with E-state index in [4.69, 9.17) is 25.5 Å². The van der Waals surface area contributed by atoms with Gasteiger partial charge in [0.1, 0.15) is 6.04 Å². The van der Waals surface area contributed by atoms with Gasteiger partial charge < -0.3 is 19.2 Å². The third kappa shape index (κ3) is 5.38. The van der Waals surface area contributed by atoms with Gasteiger partial charge in [-0.05, 0) is 61.9 Å². The van der Waals surface area contributed by atoms with Gasteiger partial charge in [-0.1, -0.05) is 41.9 Å². The Kier molecular flexibility index (Phi) is 7.44. The molecule has 0 aliphatic rings. The molecule has 0 aliphatic heterocycles. The van der Waals surface area contributed by atoms with Gasteiger partial charge in [0.2, 0.25) is 11.8 Å². The second-order valence-electron chi connectivity index (χ2n) is 7.30. The van der Waals surface area contributed by atoms with Crippen molar-refractivity contribution >= 4 is 17.5 Å². The Morgan fingerprint density at radius 1 is 0.941 bits per heavy atom. The SMILES string of the molecule is CCOc1ccc(C(=O)N[C@H](c2ccc(Cl)cc2)c2nnc(-c3ccccc3)o2)cc1OCC. The van der Waals surface area contributed by atoms with E-state index in [1.165, 1.54) is 0 Å². The zero-order valence-electron chi connectivity index (χ0n) is 18.8. The summed E-state index contributed by atoms with van der Waals surface area (Å²) in [5.41, 5.74) is 1.95. The van der Waals surface area contributed by atoms with E-state index in [9.17, 15) is 4.79 Å². The maximum Gasteiger partial charge on any atom is 0.252 e. The van der Waals surface area contributed by atoms with Gasteiger partial charge in [-0.15, -0.1) is 10.2 Å². The zero-order valence-corrected chi connectivity index (χ0v) is 19.6. The van der Waals surface area contributed by atoms with Crippen LogP contribution >= 0.6 is 11.6 Å². The summed E-state index contributed by atoms with van der Waals surface area (Å²) in [4.78, 5) is 13.2. The molecular formula is C26H24ClN3O4. The normalized spacial score (nSPS) is 11.6. The Labute approximate surface area is 202 Å². The quantitative estimate of drug-likeness (QED) is 0.332. The highest BCUT2D eigenvalue weighted by atomic mass is 35.5. The average Bonchev–Trinajstić information content (AvgIpc) is 3.35. The fraction of sp³-hybridized carbons (Fsp3) is 0.192. The van der Waals surface area contributed by atoms with Gasteiger partial charge in [-0.25, -0.2) is 0 Å². The van der Waals surface area contributed by atoms with E-state index in [0.717, 1.165) is 11.1 Å². The lowest BCUT2D eigenvalue weighted by atomic mass is 10.1. The number of amides is 1. The van der Waals surface area contributed by atoms with Crippen LogP contribution in [0.5, 0.6) is 11.5 Å². The summed E-state index contributed by atoms with van der Waals surface area (Å²) >= 11 is 6.07. The Bertz CT molecular complexity index is 1240. The number of hydrogen-bond donors (Lipinski definition) is 1. The highest BCUT2D eigenvalue weighted by Gasteiger charge is 2.25. The van der Waals surface area contributed by atoms with Crippen molar-refractivity contribution in [1.82, 2.24) is 15.5 Å². The number of rotatable bonds is 9. The molecule has 1 N–H and O–H groups in total. The molecule has 4 aromatic rings. The van der Waals surface area contributed by atoms with Crippen molar-refractivity contribution in [3.63, 3.8) is 0 Å². The van der Waals surface area contributed by atoms with Crippen molar-refractivity contribution in [1.29, 1.82) is 0 Å². The van der Waals surface area contributed by atoms with Gasteiger partial charge in [0.15, 0.2) is 11.5 Å². The summed E-state index contributed by atoms with van der Waals surface area (Å²) in [5, 5.41) is 12.0. The third-order valence-electron chi connectivity index (χ3n) is 4.99. The lowest BCUT2D eigenvalue weighted by Gasteiger charge is -2.17. The van der Waals surface area contributed by atoms with Gasteiger partial charge in [0.05, 0.1) is 13.2 Å². The summed E-state index contributed by atoms with van der Waals surface area (Å²) in [7, 11) is 0. The molecule has 1 aromatic heterocycles. The molecule has 1 atom stereocenters. The number of carbonyl (C=O) groups excluding carboxylic acids is 1. The van der Waals surface area contributed by atoms with E-state index in [1.807, 2.05) is 56.3 Å². The molecule has 1 heterocycles. The molecule has 0 unspecified atom stereocenters. The first kappa shape index (κ1) is 23.3. The number of hydrogen-bond acceptors (Lipinski definition) is 6. The molecule has 4 rings (SSSR count). The average molecular weight is 478 g/mol. The van der Waals surface area contributed by atoms with Crippen molar-refractivity contribution in [3.05, 3.63) is 94.8 Å². The van der Waals surface area contributed by atoms with Crippen LogP contribution in [-0.4, -0.2) is 29.3 Å². The highest BCUT2D eigenvalue weighted by molar-refractivity contribution is 6.30. The van der Waals surface area contributed by atoms with Crippen molar-refractivity contribution < 1.29 is 18.7 Å². The lowest BCUT2D eigenvalue weighted by Crippen LogP contribution is -2.29. The molecule has 0 bridgehead atoms. The molecule has 0 radical (unpaired) electrons. The van der Waals surface area contributed by atoms with Gasteiger partial charge >= 0.3 is 0 Å². The summed E-state index contributed by atoms with van der Waals surface area (Å²) in [6, 6.07) is 20.9. The minimum Gasteiger partial charge on any atom is -0.490 e. The van der Waals surface area contributed by atoms with E-state index in [0.29, 0.717) is 41.2 Å². The van der Waals surface area contributed by atoms with Crippen LogP contribution < -0.4 is 14.8 Å². The van der Waals surface area contributed by atoms with E-state index in [2.05, 4.69) is 15.5 Å². The fourth-order valence-electron chi connectivity index (χ4n) is 3.40. The van der Waals surface area contributed by atoms with Crippen LogP contribution in [0.1, 0.15) is 41.7 Å². The molecule has 0 aliphatic carbocycles. The lowest BCUT2D eigenvalue weighted by molar-refractivity contribution is 0.0937. The predicted octanol–water partition coefficient (Wildman–Crippen LogP) is 5.71. The molecule has 0 saturated carbocycles. The molecular weight excluding hydrogens is 454 g/mol. The first-order valence-corrected chi connectivity index (χ1v) is 11.3. The molecule has 0 fully saturated rings. The first-order chi connectivity index (χ1) is 16.6. The molecule has 0 saturated heterocycles. The topological polar surface area (TPSA) is 86.5 Å². The maximum atomic E-state index is 13.2. The fourth-order valence-corrected chi connectivity index (χ4v) is 3.52. The van der Waals surface area contributed by atoms with Gasteiger partial charge in [-0.2, -0.15) is 0 Å². The maximum absolute atomic E-state index is 13.2. The van der Waals surface area contributed by atoms with Crippen LogP contribution in [0.25, 0.3) is 11.5 Å². The number of aromatic nitrogens is 2. The Hall–Kier alpha value is -3.84. The minimum atomic E-state index is -0.683. The number of ether oxygens (including phenoxy) is 2. The Morgan fingerprint density at radius 2 is 1.65 bits per heavy atom. The summed E-state index contributed by atoms with van der Waals surface area (Å²) in [6.45, 7) is 4.70. The van der Waals surface area contributed by atoms with Crippen LogP contribution in [0.4, 0.5) is 0 Å². The van der Waals surface area contributed by atoms with Gasteiger partial charge in [-0.3, -0.25) is 4.79 Å². The first-order valence-electron chi connectivity index (χ1n) is 10.9. The van der Waals surface area contributed by atoms with Crippen LogP contribution in [0.3, 0.4) is 0 Å². The molecule has 7 nitrogen and oxygen atoms in total. The van der Waals surface area contributed by atoms with E-state index >= 15 is 0 Å². The molecule has 174 valence electrons. The smallest absolute Gasteiger partial charge is 0.252 e. The number of halogens is 1. The number of nitrogens with one attached hydrogen (secondary N) is 1. The summed E-state index contributed by atoms with van der Waals surface area (Å²) in [5.74, 6) is 1.38. The van der Waals surface area contributed by atoms with E-state index in [1.54, 1.807) is 30.3 Å². The Balaban J connectivity index is 1.65. The monoisotopic (exact) mass is 477 g/mol. The molecule has 8 heteroatoms. The van der Waals surface area contributed by atoms with Gasteiger partial charge in [0, 0.05) is 16.1 Å². The van der Waals surface area contributed by atoms with Crippen molar-refractivity contribution in [2.75, 3.05) is 13.2 Å². The van der Waals surface area contributed by atoms with Crippen molar-refractivity contribution in [2.24, 2.45) is 0 Å². The Morgan fingerprint density at radius 3 is 2.35 bits per heavy atom. The van der Waals surface area contributed by atoms with E-state index < -0.39 is 6.04 Å². The largest absolute Gasteiger partial charge is 0.490 e. The van der Waals surface area contributed by atoms with Crippen LogP contribution in [0.15, 0.2) is 77.2 Å². The summed E-state index contributed by atoms with van der Waals surface area (Å²) in [6.07, 6.45) is 0. The number of nitrogens with zero attached hydrogens (tertiary/aromatic N) is 2.